The standard InChI is InChI=1S/C15H26N2O/c1-2-13-11-17(9-8-14(13)16)15(18)10-12-6-4-3-5-7-12/h6,13-14H,2-5,7-11,16H2,1H3. The van der Waals surface area contributed by atoms with Crippen molar-refractivity contribution < 1.29 is 4.79 Å². The van der Waals surface area contributed by atoms with E-state index in [-0.39, 0.29) is 6.04 Å². The predicted molar refractivity (Wildman–Crippen MR) is 74.1 cm³/mol. The Morgan fingerprint density at radius 3 is 3.00 bits per heavy atom. The fraction of sp³-hybridized carbons (Fsp3) is 0.800. The molecule has 2 aliphatic rings. The van der Waals surface area contributed by atoms with Crippen LogP contribution in [0.4, 0.5) is 0 Å². The number of allylic oxidation sites excluding steroid dienone is 1. The molecule has 2 unspecified atom stereocenters. The van der Waals surface area contributed by atoms with E-state index in [1.54, 1.807) is 0 Å². The maximum absolute atomic E-state index is 12.3. The number of piperidine rings is 1. The molecule has 1 amide bonds. The fourth-order valence-corrected chi connectivity index (χ4v) is 3.08. The molecular weight excluding hydrogens is 224 g/mol. The number of hydrogen-bond acceptors (Lipinski definition) is 2. The first-order valence-electron chi connectivity index (χ1n) is 7.42. The lowest BCUT2D eigenvalue weighted by Gasteiger charge is -2.36. The van der Waals surface area contributed by atoms with Gasteiger partial charge in [0.1, 0.15) is 0 Å². The molecule has 18 heavy (non-hydrogen) atoms. The number of carbonyl (C=O) groups excluding carboxylic acids is 1. The number of amides is 1. The largest absolute Gasteiger partial charge is 0.342 e. The molecule has 0 aromatic heterocycles. The van der Waals surface area contributed by atoms with Crippen LogP contribution in [0.3, 0.4) is 0 Å². The Hall–Kier alpha value is -0.830. The second-order valence-electron chi connectivity index (χ2n) is 5.75. The first-order chi connectivity index (χ1) is 8.70. The van der Waals surface area contributed by atoms with Crippen LogP contribution in [0.25, 0.3) is 0 Å². The molecule has 3 heteroatoms. The zero-order valence-electron chi connectivity index (χ0n) is 11.5. The van der Waals surface area contributed by atoms with Crippen LogP contribution in [0, 0.1) is 5.92 Å². The van der Waals surface area contributed by atoms with Crippen molar-refractivity contribution in [2.24, 2.45) is 11.7 Å². The Labute approximate surface area is 110 Å². The maximum Gasteiger partial charge on any atom is 0.226 e. The van der Waals surface area contributed by atoms with Gasteiger partial charge < -0.3 is 10.6 Å². The average molecular weight is 250 g/mol. The Morgan fingerprint density at radius 1 is 1.50 bits per heavy atom. The number of nitrogens with zero attached hydrogens (tertiary/aromatic N) is 1. The van der Waals surface area contributed by atoms with E-state index in [1.807, 2.05) is 4.90 Å². The summed E-state index contributed by atoms with van der Waals surface area (Å²) in [6.45, 7) is 3.88. The Bertz CT molecular complexity index is 324. The van der Waals surface area contributed by atoms with Crippen molar-refractivity contribution >= 4 is 5.91 Å². The molecule has 2 atom stereocenters. The van der Waals surface area contributed by atoms with Crippen molar-refractivity contribution in [3.8, 4) is 0 Å². The van der Waals surface area contributed by atoms with Gasteiger partial charge in [-0.2, -0.15) is 0 Å². The lowest BCUT2D eigenvalue weighted by atomic mass is 9.90. The van der Waals surface area contributed by atoms with Crippen LogP contribution in [-0.2, 0) is 4.79 Å². The van der Waals surface area contributed by atoms with Crippen LogP contribution in [-0.4, -0.2) is 29.9 Å². The fourth-order valence-electron chi connectivity index (χ4n) is 3.08. The highest BCUT2D eigenvalue weighted by atomic mass is 16.2. The second-order valence-corrected chi connectivity index (χ2v) is 5.75. The predicted octanol–water partition coefficient (Wildman–Crippen LogP) is 2.46. The van der Waals surface area contributed by atoms with Gasteiger partial charge in [-0.25, -0.2) is 0 Å². The van der Waals surface area contributed by atoms with Crippen LogP contribution in [0.15, 0.2) is 11.6 Å². The lowest BCUT2D eigenvalue weighted by molar-refractivity contribution is -0.132. The summed E-state index contributed by atoms with van der Waals surface area (Å²) in [5.74, 6) is 0.802. The van der Waals surface area contributed by atoms with Crippen molar-refractivity contribution in [2.75, 3.05) is 13.1 Å². The number of carbonyl (C=O) groups is 1. The highest BCUT2D eigenvalue weighted by Crippen LogP contribution is 2.23. The van der Waals surface area contributed by atoms with Gasteiger partial charge in [0.05, 0.1) is 0 Å². The topological polar surface area (TPSA) is 46.3 Å². The zero-order valence-corrected chi connectivity index (χ0v) is 11.5. The summed E-state index contributed by atoms with van der Waals surface area (Å²) in [5, 5.41) is 0. The molecule has 0 bridgehead atoms. The quantitative estimate of drug-likeness (QED) is 0.782. The van der Waals surface area contributed by atoms with E-state index in [4.69, 9.17) is 5.73 Å². The van der Waals surface area contributed by atoms with Crippen molar-refractivity contribution in [1.82, 2.24) is 4.90 Å². The lowest BCUT2D eigenvalue weighted by Crippen LogP contribution is -2.49. The SMILES string of the molecule is CCC1CN(C(=O)CC2=CCCCC2)CCC1N. The van der Waals surface area contributed by atoms with Gasteiger partial charge >= 0.3 is 0 Å². The number of likely N-dealkylation sites (tertiary alicyclic amines) is 1. The van der Waals surface area contributed by atoms with Crippen molar-refractivity contribution in [3.63, 3.8) is 0 Å². The molecule has 1 heterocycles. The van der Waals surface area contributed by atoms with E-state index in [0.717, 1.165) is 38.8 Å². The average Bonchev–Trinajstić information content (AvgIpc) is 2.40. The van der Waals surface area contributed by atoms with Crippen LogP contribution < -0.4 is 5.73 Å². The zero-order chi connectivity index (χ0) is 13.0. The van der Waals surface area contributed by atoms with Crippen LogP contribution in [0.5, 0.6) is 0 Å². The Balaban J connectivity index is 1.87. The van der Waals surface area contributed by atoms with E-state index >= 15 is 0 Å². The normalized spacial score (nSPS) is 29.0. The third-order valence-corrected chi connectivity index (χ3v) is 4.43. The summed E-state index contributed by atoms with van der Waals surface area (Å²) in [7, 11) is 0. The first-order valence-corrected chi connectivity index (χ1v) is 7.42. The molecule has 0 spiro atoms. The molecule has 1 aliphatic heterocycles. The van der Waals surface area contributed by atoms with Gasteiger partial charge in [-0.15, -0.1) is 0 Å². The van der Waals surface area contributed by atoms with Gasteiger partial charge in [0.2, 0.25) is 5.91 Å². The minimum absolute atomic E-state index is 0.285. The molecule has 0 radical (unpaired) electrons. The van der Waals surface area contributed by atoms with Gasteiger partial charge in [0.15, 0.2) is 0 Å². The summed E-state index contributed by atoms with van der Waals surface area (Å²) in [6, 6.07) is 0.285. The summed E-state index contributed by atoms with van der Waals surface area (Å²) >= 11 is 0. The highest BCUT2D eigenvalue weighted by Gasteiger charge is 2.28. The molecule has 2 rings (SSSR count). The first kappa shape index (κ1) is 13.6. The number of hydrogen-bond donors (Lipinski definition) is 1. The van der Waals surface area contributed by atoms with Gasteiger partial charge in [0, 0.05) is 25.6 Å². The molecule has 1 saturated heterocycles. The Morgan fingerprint density at radius 2 is 2.33 bits per heavy atom. The van der Waals surface area contributed by atoms with Gasteiger partial charge in [0.25, 0.3) is 0 Å². The molecule has 0 aromatic rings. The van der Waals surface area contributed by atoms with Crippen LogP contribution in [0.1, 0.15) is 51.9 Å². The molecule has 3 nitrogen and oxygen atoms in total. The van der Waals surface area contributed by atoms with E-state index < -0.39 is 0 Å². The maximum atomic E-state index is 12.3. The second kappa shape index (κ2) is 6.37. The van der Waals surface area contributed by atoms with Gasteiger partial charge in [-0.1, -0.05) is 25.0 Å². The molecular formula is C15H26N2O. The highest BCUT2D eigenvalue weighted by molar-refractivity contribution is 5.78. The summed E-state index contributed by atoms with van der Waals surface area (Å²) in [5.41, 5.74) is 7.44. The number of nitrogens with two attached hydrogens (primary N) is 1. The summed E-state index contributed by atoms with van der Waals surface area (Å²) < 4.78 is 0. The van der Waals surface area contributed by atoms with Gasteiger partial charge in [-0.3, -0.25) is 4.79 Å². The minimum Gasteiger partial charge on any atom is -0.342 e. The number of rotatable bonds is 3. The van der Waals surface area contributed by atoms with E-state index in [2.05, 4.69) is 13.0 Å². The van der Waals surface area contributed by atoms with Crippen molar-refractivity contribution in [1.29, 1.82) is 0 Å². The minimum atomic E-state index is 0.285. The van der Waals surface area contributed by atoms with E-state index in [0.29, 0.717) is 18.2 Å². The molecule has 1 fully saturated rings. The van der Waals surface area contributed by atoms with Gasteiger partial charge in [-0.05, 0) is 38.0 Å². The van der Waals surface area contributed by atoms with Crippen molar-refractivity contribution in [2.45, 2.75) is 57.9 Å². The molecule has 1 aliphatic carbocycles. The van der Waals surface area contributed by atoms with E-state index in [1.165, 1.54) is 18.4 Å². The third-order valence-electron chi connectivity index (χ3n) is 4.43. The molecule has 0 aromatic carbocycles. The monoisotopic (exact) mass is 250 g/mol. The third kappa shape index (κ3) is 3.35. The van der Waals surface area contributed by atoms with E-state index in [9.17, 15) is 4.79 Å². The summed E-state index contributed by atoms with van der Waals surface area (Å²) in [4.78, 5) is 14.3. The summed E-state index contributed by atoms with van der Waals surface area (Å²) in [6.07, 6.45) is 9.77. The van der Waals surface area contributed by atoms with Crippen LogP contribution in [0.2, 0.25) is 0 Å². The molecule has 2 N–H and O–H groups in total. The van der Waals surface area contributed by atoms with Crippen LogP contribution >= 0.6 is 0 Å². The smallest absolute Gasteiger partial charge is 0.226 e. The molecule has 102 valence electrons. The molecule has 0 saturated carbocycles. The Kier molecular flexibility index (Phi) is 4.81. The van der Waals surface area contributed by atoms with Crippen molar-refractivity contribution in [3.05, 3.63) is 11.6 Å².